The summed E-state index contributed by atoms with van der Waals surface area (Å²) >= 11 is 0. The molecule has 0 N–H and O–H groups in total. The maximum absolute atomic E-state index is 13.7. The summed E-state index contributed by atoms with van der Waals surface area (Å²) < 4.78 is 72.6. The summed E-state index contributed by atoms with van der Waals surface area (Å²) in [4.78, 5) is 0. The van der Waals surface area contributed by atoms with E-state index in [1.165, 1.54) is 0 Å². The molecular weight excluding hydrogens is 280 g/mol. The van der Waals surface area contributed by atoms with E-state index in [2.05, 4.69) is 9.03 Å². The minimum atomic E-state index is -5.52. The summed E-state index contributed by atoms with van der Waals surface area (Å²) in [6.07, 6.45) is 0.585. The summed E-state index contributed by atoms with van der Waals surface area (Å²) in [5, 5.41) is 0. The van der Waals surface area contributed by atoms with E-state index < -0.39 is 23.3 Å². The van der Waals surface area contributed by atoms with E-state index in [0.29, 0.717) is 6.42 Å². The number of rotatable bonds is 1. The fourth-order valence-electron chi connectivity index (χ4n) is 1.12. The van der Waals surface area contributed by atoms with Gasteiger partial charge in [-0.05, 0) is 6.42 Å². The van der Waals surface area contributed by atoms with Crippen molar-refractivity contribution in [1.82, 2.24) is 4.67 Å². The Hall–Kier alpha value is 0.300. The predicted octanol–water partition coefficient (Wildman–Crippen LogP) is 5.39. The molecular formula is C3H6F5N4P3. The Kier molecular flexibility index (Phi) is 2.66. The molecule has 2 aliphatic heterocycles. The van der Waals surface area contributed by atoms with Gasteiger partial charge in [0.1, 0.15) is 0 Å². The van der Waals surface area contributed by atoms with Crippen LogP contribution >= 0.6 is 23.3 Å². The third-order valence-electron chi connectivity index (χ3n) is 1.85. The number of nitrogens with zero attached hydrogens (tertiary/aromatic N) is 4. The van der Waals surface area contributed by atoms with Gasteiger partial charge in [0, 0.05) is 13.1 Å². The largest absolute Gasteiger partial charge is 0.424 e. The molecule has 1 fully saturated rings. The Morgan fingerprint density at radius 2 is 1.33 bits per heavy atom. The Morgan fingerprint density at radius 3 is 1.73 bits per heavy atom. The van der Waals surface area contributed by atoms with E-state index in [1.54, 1.807) is 0 Å². The van der Waals surface area contributed by atoms with Crippen LogP contribution in [0.2, 0.25) is 0 Å². The lowest BCUT2D eigenvalue weighted by Crippen LogP contribution is -2.32. The number of halogens is 5. The zero-order chi connectivity index (χ0) is 11.3. The molecule has 0 aromatic carbocycles. The monoisotopic (exact) mass is 286 g/mol. The topological polar surface area (TPSA) is 40.3 Å². The van der Waals surface area contributed by atoms with Crippen LogP contribution in [0.1, 0.15) is 6.42 Å². The van der Waals surface area contributed by atoms with Gasteiger partial charge in [0.15, 0.2) is 0 Å². The molecule has 0 aromatic heterocycles. The first-order valence-corrected chi connectivity index (χ1v) is 8.37. The van der Waals surface area contributed by atoms with Crippen LogP contribution in [-0.2, 0) is 0 Å². The SMILES string of the molecule is FP1(F)=NP(F)(F)=NP(F)(N2CCC2)=N1. The maximum atomic E-state index is 13.7. The van der Waals surface area contributed by atoms with Gasteiger partial charge in [0.2, 0.25) is 0 Å². The highest BCUT2D eigenvalue weighted by atomic mass is 31.3. The van der Waals surface area contributed by atoms with Gasteiger partial charge in [-0.3, -0.25) is 0 Å². The van der Waals surface area contributed by atoms with Crippen molar-refractivity contribution in [1.29, 1.82) is 0 Å². The van der Waals surface area contributed by atoms with Crippen molar-refractivity contribution in [2.75, 3.05) is 13.1 Å². The van der Waals surface area contributed by atoms with Crippen LogP contribution in [0.3, 0.4) is 0 Å². The van der Waals surface area contributed by atoms with Gasteiger partial charge in [0.25, 0.3) is 0 Å². The first-order valence-electron chi connectivity index (χ1n) is 3.88. The van der Waals surface area contributed by atoms with Crippen LogP contribution in [0.5, 0.6) is 0 Å². The van der Waals surface area contributed by atoms with E-state index in [-0.39, 0.29) is 13.1 Å². The van der Waals surface area contributed by atoms with Crippen molar-refractivity contribution in [3.8, 4) is 0 Å². The average Bonchev–Trinajstić information content (AvgIpc) is 1.67. The second-order valence-corrected chi connectivity index (χ2v) is 8.51. The lowest BCUT2D eigenvalue weighted by Gasteiger charge is -2.34. The summed E-state index contributed by atoms with van der Waals surface area (Å²) in [5.41, 5.74) is 0. The highest BCUT2D eigenvalue weighted by Gasteiger charge is 2.44. The predicted molar refractivity (Wildman–Crippen MR) is 49.8 cm³/mol. The third-order valence-corrected chi connectivity index (χ3v) is 8.23. The number of hydrogen-bond donors (Lipinski definition) is 0. The maximum Gasteiger partial charge on any atom is 0.424 e. The van der Waals surface area contributed by atoms with Crippen molar-refractivity contribution in [2.45, 2.75) is 6.42 Å². The van der Waals surface area contributed by atoms with Crippen LogP contribution in [0.15, 0.2) is 13.5 Å². The van der Waals surface area contributed by atoms with Gasteiger partial charge in [-0.15, -0.1) is 30.3 Å². The van der Waals surface area contributed by atoms with Gasteiger partial charge in [-0.25, -0.2) is 4.67 Å². The summed E-state index contributed by atoms with van der Waals surface area (Å²) in [5.74, 6) is 0. The molecule has 4 nitrogen and oxygen atoms in total. The molecule has 15 heavy (non-hydrogen) atoms. The fourth-order valence-corrected chi connectivity index (χ4v) is 7.44. The number of hydrogen-bond acceptors (Lipinski definition) is 4. The minimum Gasteiger partial charge on any atom is -0.226 e. The molecule has 0 radical (unpaired) electrons. The lowest BCUT2D eigenvalue weighted by atomic mass is 10.3. The zero-order valence-corrected chi connectivity index (χ0v) is 9.82. The van der Waals surface area contributed by atoms with Crippen molar-refractivity contribution in [3.63, 3.8) is 0 Å². The van der Waals surface area contributed by atoms with E-state index in [9.17, 15) is 21.0 Å². The quantitative estimate of drug-likeness (QED) is 0.470. The molecule has 1 unspecified atom stereocenters. The Bertz CT molecular complexity index is 435. The molecule has 0 aromatic rings. The Morgan fingerprint density at radius 1 is 0.800 bits per heavy atom. The Balaban J connectivity index is 2.55. The van der Waals surface area contributed by atoms with Gasteiger partial charge < -0.3 is 0 Å². The van der Waals surface area contributed by atoms with Crippen LogP contribution < -0.4 is 0 Å². The van der Waals surface area contributed by atoms with Crippen molar-refractivity contribution >= 4 is 23.3 Å². The van der Waals surface area contributed by atoms with Gasteiger partial charge >= 0.3 is 23.3 Å². The first kappa shape index (κ1) is 11.8. The molecule has 0 aliphatic carbocycles. The standard InChI is InChI=1S/C3H6F5N4P3/c4-13(5)9-14(6,7)11-15(8,10-13)12-2-1-3-12/h1-3H2. The smallest absolute Gasteiger partial charge is 0.226 e. The molecule has 2 aliphatic rings. The fraction of sp³-hybridized carbons (Fsp3) is 1.00. The average molecular weight is 286 g/mol. The van der Waals surface area contributed by atoms with E-state index >= 15 is 0 Å². The van der Waals surface area contributed by atoms with Crippen molar-refractivity contribution < 1.29 is 21.0 Å². The molecule has 1 atom stereocenters. The molecule has 0 amide bonds. The van der Waals surface area contributed by atoms with E-state index in [4.69, 9.17) is 0 Å². The minimum absolute atomic E-state index is 0.150. The van der Waals surface area contributed by atoms with Crippen LogP contribution in [0, 0.1) is 0 Å². The molecule has 0 saturated carbocycles. The molecule has 0 bridgehead atoms. The van der Waals surface area contributed by atoms with Gasteiger partial charge in [-0.1, -0.05) is 0 Å². The van der Waals surface area contributed by atoms with Crippen LogP contribution in [0.4, 0.5) is 21.0 Å². The van der Waals surface area contributed by atoms with Gasteiger partial charge in [-0.2, -0.15) is 4.20 Å². The normalized spacial score (nSPS) is 38.2. The van der Waals surface area contributed by atoms with E-state index in [1.807, 2.05) is 4.52 Å². The summed E-state index contributed by atoms with van der Waals surface area (Å²) in [7, 11) is -15.6. The summed E-state index contributed by atoms with van der Waals surface area (Å²) in [6, 6.07) is 0. The summed E-state index contributed by atoms with van der Waals surface area (Å²) in [6.45, 7) is 0.300. The molecule has 2 heterocycles. The highest BCUT2D eigenvalue weighted by Crippen LogP contribution is 2.82. The molecule has 0 spiro atoms. The van der Waals surface area contributed by atoms with Crippen LogP contribution in [0.25, 0.3) is 0 Å². The zero-order valence-electron chi connectivity index (χ0n) is 7.14. The van der Waals surface area contributed by atoms with Crippen molar-refractivity contribution in [3.05, 3.63) is 0 Å². The molecule has 88 valence electrons. The molecule has 2 rings (SSSR count). The molecule has 12 heteroatoms. The molecule has 1 saturated heterocycles. The van der Waals surface area contributed by atoms with Gasteiger partial charge in [0.05, 0.1) is 0 Å². The van der Waals surface area contributed by atoms with Crippen molar-refractivity contribution in [2.24, 2.45) is 13.5 Å². The Labute approximate surface area is 82.9 Å². The first-order chi connectivity index (χ1) is 6.73. The lowest BCUT2D eigenvalue weighted by molar-refractivity contribution is 0.313. The third kappa shape index (κ3) is 2.36. The van der Waals surface area contributed by atoms with Crippen LogP contribution in [-0.4, -0.2) is 17.8 Å². The second kappa shape index (κ2) is 3.39. The second-order valence-electron chi connectivity index (χ2n) is 2.98. The highest BCUT2D eigenvalue weighted by molar-refractivity contribution is 7.78. The van der Waals surface area contributed by atoms with E-state index in [0.717, 1.165) is 4.67 Å².